The molecule has 0 aromatic heterocycles. The van der Waals surface area contributed by atoms with Crippen LogP contribution in [0.15, 0.2) is 88.2 Å². The molecular formula is C21H18BrN3O4S. The molecular weight excluding hydrogens is 470 g/mol. The largest absolute Gasteiger partial charge is 0.280 e. The zero-order valence-corrected chi connectivity index (χ0v) is 18.0. The monoisotopic (exact) mass is 487 g/mol. The van der Waals surface area contributed by atoms with Gasteiger partial charge in [0.2, 0.25) is 5.91 Å². The van der Waals surface area contributed by atoms with Gasteiger partial charge in [-0.2, -0.15) is 0 Å². The molecule has 7 nitrogen and oxygen atoms in total. The zero-order valence-electron chi connectivity index (χ0n) is 15.6. The lowest BCUT2D eigenvalue weighted by atomic mass is 10.1. The van der Waals surface area contributed by atoms with E-state index in [0.29, 0.717) is 0 Å². The predicted octanol–water partition coefficient (Wildman–Crippen LogP) is 3.25. The third kappa shape index (κ3) is 5.91. The first kappa shape index (κ1) is 21.5. The van der Waals surface area contributed by atoms with E-state index in [-0.39, 0.29) is 28.5 Å². The van der Waals surface area contributed by atoms with Gasteiger partial charge < -0.3 is 0 Å². The van der Waals surface area contributed by atoms with Gasteiger partial charge in [0, 0.05) is 15.7 Å². The molecule has 0 atom stereocenters. The second kappa shape index (κ2) is 9.55. The van der Waals surface area contributed by atoms with Crippen molar-refractivity contribution in [3.8, 4) is 0 Å². The molecule has 3 aromatic carbocycles. The van der Waals surface area contributed by atoms with Gasteiger partial charge in [0.15, 0.2) is 0 Å². The fourth-order valence-corrected chi connectivity index (χ4v) is 3.89. The minimum Gasteiger partial charge on any atom is -0.280 e. The molecule has 0 saturated carbocycles. The predicted molar refractivity (Wildman–Crippen MR) is 117 cm³/mol. The van der Waals surface area contributed by atoms with Crippen LogP contribution in [0.5, 0.6) is 0 Å². The van der Waals surface area contributed by atoms with Gasteiger partial charge in [0.25, 0.3) is 15.9 Å². The third-order valence-corrected chi connectivity index (χ3v) is 5.95. The van der Waals surface area contributed by atoms with Crippen molar-refractivity contribution in [3.05, 3.63) is 94.5 Å². The maximum Gasteiger partial charge on any atom is 0.269 e. The molecule has 0 saturated heterocycles. The van der Waals surface area contributed by atoms with Crippen molar-refractivity contribution in [1.82, 2.24) is 10.9 Å². The maximum absolute atomic E-state index is 12.5. The molecule has 0 unspecified atom stereocenters. The Bertz CT molecular complexity index is 1150. The molecule has 3 rings (SSSR count). The van der Waals surface area contributed by atoms with Crippen LogP contribution in [-0.2, 0) is 21.2 Å². The number of hydrogen-bond acceptors (Lipinski definition) is 4. The second-order valence-electron chi connectivity index (χ2n) is 6.30. The highest BCUT2D eigenvalue weighted by Crippen LogP contribution is 2.19. The summed E-state index contributed by atoms with van der Waals surface area (Å²) in [6.45, 7) is 0. The number of nitrogens with one attached hydrogen (secondary N) is 3. The molecule has 0 heterocycles. The van der Waals surface area contributed by atoms with Crippen LogP contribution in [0.25, 0.3) is 0 Å². The smallest absolute Gasteiger partial charge is 0.269 e. The van der Waals surface area contributed by atoms with Crippen molar-refractivity contribution < 1.29 is 18.0 Å². The van der Waals surface area contributed by atoms with Crippen LogP contribution in [0.4, 0.5) is 5.69 Å². The minimum absolute atomic E-state index is 0.0914. The van der Waals surface area contributed by atoms with Gasteiger partial charge >= 0.3 is 0 Å². The molecule has 0 aliphatic rings. The Kier molecular flexibility index (Phi) is 6.86. The highest BCUT2D eigenvalue weighted by Gasteiger charge is 2.15. The molecule has 154 valence electrons. The van der Waals surface area contributed by atoms with Gasteiger partial charge in [-0.05, 0) is 48.0 Å². The molecule has 2 amide bonds. The SMILES string of the molecule is O=C(Cc1ccccc1)NNC(=O)c1cccc(NS(=O)(=O)c2ccc(Br)cc2)c1. The van der Waals surface area contributed by atoms with E-state index in [4.69, 9.17) is 0 Å². The summed E-state index contributed by atoms with van der Waals surface area (Å²) in [4.78, 5) is 24.4. The molecule has 0 bridgehead atoms. The number of benzene rings is 3. The van der Waals surface area contributed by atoms with Crippen LogP contribution in [-0.4, -0.2) is 20.2 Å². The number of carbonyl (C=O) groups excluding carboxylic acids is 2. The molecule has 30 heavy (non-hydrogen) atoms. The van der Waals surface area contributed by atoms with E-state index in [1.54, 1.807) is 18.2 Å². The van der Waals surface area contributed by atoms with E-state index in [2.05, 4.69) is 31.5 Å². The lowest BCUT2D eigenvalue weighted by Crippen LogP contribution is -2.42. The van der Waals surface area contributed by atoms with Gasteiger partial charge in [-0.3, -0.25) is 25.2 Å². The van der Waals surface area contributed by atoms with Crippen molar-refractivity contribution in [3.63, 3.8) is 0 Å². The summed E-state index contributed by atoms with van der Waals surface area (Å²) in [5, 5.41) is 0. The molecule has 0 fully saturated rings. The van der Waals surface area contributed by atoms with Crippen LogP contribution in [0.2, 0.25) is 0 Å². The van der Waals surface area contributed by atoms with Gasteiger partial charge in [-0.25, -0.2) is 8.42 Å². The Balaban J connectivity index is 1.62. The Morgan fingerprint density at radius 2 is 1.53 bits per heavy atom. The summed E-state index contributed by atoms with van der Waals surface area (Å²) in [7, 11) is -3.81. The fraction of sp³-hybridized carbons (Fsp3) is 0.0476. The van der Waals surface area contributed by atoms with Gasteiger partial charge in [0.1, 0.15) is 0 Å². The molecule has 3 N–H and O–H groups in total. The highest BCUT2D eigenvalue weighted by atomic mass is 79.9. The van der Waals surface area contributed by atoms with E-state index >= 15 is 0 Å². The molecule has 0 radical (unpaired) electrons. The number of rotatable bonds is 6. The van der Waals surface area contributed by atoms with Crippen molar-refractivity contribution in [1.29, 1.82) is 0 Å². The summed E-state index contributed by atoms with van der Waals surface area (Å²) >= 11 is 3.26. The van der Waals surface area contributed by atoms with Crippen LogP contribution >= 0.6 is 15.9 Å². The summed E-state index contributed by atoms with van der Waals surface area (Å²) in [5.74, 6) is -0.942. The standard InChI is InChI=1S/C21H18BrN3O4S/c22-17-9-11-19(12-10-17)30(28,29)25-18-8-4-7-16(14-18)21(27)24-23-20(26)13-15-5-2-1-3-6-15/h1-12,14,25H,13H2,(H,23,26)(H,24,27). The average molecular weight is 488 g/mol. The number of anilines is 1. The zero-order chi connectivity index (χ0) is 21.6. The lowest BCUT2D eigenvalue weighted by Gasteiger charge is -2.11. The van der Waals surface area contributed by atoms with E-state index in [1.165, 1.54) is 30.3 Å². The van der Waals surface area contributed by atoms with Crippen LogP contribution < -0.4 is 15.6 Å². The average Bonchev–Trinajstić information content (AvgIpc) is 2.73. The van der Waals surface area contributed by atoms with Gasteiger partial charge in [-0.15, -0.1) is 0 Å². The Morgan fingerprint density at radius 1 is 0.833 bits per heavy atom. The summed E-state index contributed by atoms with van der Waals surface area (Å²) < 4.78 is 28.2. The van der Waals surface area contributed by atoms with Crippen molar-refractivity contribution in [2.24, 2.45) is 0 Å². The number of sulfonamides is 1. The van der Waals surface area contributed by atoms with Crippen molar-refractivity contribution in [2.45, 2.75) is 11.3 Å². The third-order valence-electron chi connectivity index (χ3n) is 4.02. The van der Waals surface area contributed by atoms with Gasteiger partial charge in [-0.1, -0.05) is 52.3 Å². The molecule has 0 aliphatic heterocycles. The molecule has 3 aromatic rings. The fourth-order valence-electron chi connectivity index (χ4n) is 2.58. The number of hydrogen-bond donors (Lipinski definition) is 3. The van der Waals surface area contributed by atoms with E-state index in [1.807, 2.05) is 30.3 Å². The van der Waals surface area contributed by atoms with Crippen molar-refractivity contribution >= 4 is 43.5 Å². The first-order chi connectivity index (χ1) is 14.3. The number of carbonyl (C=O) groups is 2. The quantitative estimate of drug-likeness (QED) is 0.464. The minimum atomic E-state index is -3.81. The normalized spacial score (nSPS) is 10.8. The summed E-state index contributed by atoms with van der Waals surface area (Å²) in [6.07, 6.45) is 0.119. The number of amides is 2. The Hall–Kier alpha value is -3.17. The second-order valence-corrected chi connectivity index (χ2v) is 8.90. The van der Waals surface area contributed by atoms with E-state index in [9.17, 15) is 18.0 Å². The van der Waals surface area contributed by atoms with Crippen LogP contribution in [0.3, 0.4) is 0 Å². The van der Waals surface area contributed by atoms with Crippen molar-refractivity contribution in [2.75, 3.05) is 4.72 Å². The Morgan fingerprint density at radius 3 is 2.23 bits per heavy atom. The lowest BCUT2D eigenvalue weighted by molar-refractivity contribution is -0.121. The van der Waals surface area contributed by atoms with Gasteiger partial charge in [0.05, 0.1) is 11.3 Å². The summed E-state index contributed by atoms with van der Waals surface area (Å²) in [5.41, 5.74) is 5.90. The Labute approximate surface area is 182 Å². The molecule has 0 spiro atoms. The van der Waals surface area contributed by atoms with E-state index in [0.717, 1.165) is 10.0 Å². The molecule has 0 aliphatic carbocycles. The number of halogens is 1. The first-order valence-electron chi connectivity index (χ1n) is 8.85. The van der Waals surface area contributed by atoms with Crippen LogP contribution in [0, 0.1) is 0 Å². The maximum atomic E-state index is 12.5. The topological polar surface area (TPSA) is 104 Å². The highest BCUT2D eigenvalue weighted by molar-refractivity contribution is 9.10. The van der Waals surface area contributed by atoms with E-state index < -0.39 is 15.9 Å². The van der Waals surface area contributed by atoms with Crippen LogP contribution in [0.1, 0.15) is 15.9 Å². The molecule has 9 heteroatoms. The number of hydrazine groups is 1. The summed E-state index contributed by atoms with van der Waals surface area (Å²) in [6, 6.07) is 21.2. The first-order valence-corrected chi connectivity index (χ1v) is 11.1.